The highest BCUT2D eigenvalue weighted by Gasteiger charge is 2.33. The molecule has 2 aliphatic rings. The first-order chi connectivity index (χ1) is 5.81. The summed E-state index contributed by atoms with van der Waals surface area (Å²) in [5, 5.41) is 6.37. The van der Waals surface area contributed by atoms with Crippen molar-refractivity contribution in [2.45, 2.75) is 18.4 Å². The van der Waals surface area contributed by atoms with Crippen molar-refractivity contribution >= 4 is 14.1 Å². The molecule has 0 aliphatic carbocycles. The number of nitrogens with one attached hydrogen (secondary N) is 2. The van der Waals surface area contributed by atoms with Crippen molar-refractivity contribution in [3.63, 3.8) is 0 Å². The maximum atomic E-state index is 10.6. The van der Waals surface area contributed by atoms with E-state index in [0.717, 1.165) is 24.8 Å². The molecule has 0 bridgehead atoms. The van der Waals surface area contributed by atoms with Crippen molar-refractivity contribution in [3.8, 4) is 0 Å². The fourth-order valence-corrected chi connectivity index (χ4v) is 1.88. The Balaban J connectivity index is 2.10. The van der Waals surface area contributed by atoms with Gasteiger partial charge < -0.3 is 5.32 Å². The predicted molar refractivity (Wildman–Crippen MR) is 46.7 cm³/mol. The molecule has 3 unspecified atom stereocenters. The van der Waals surface area contributed by atoms with Gasteiger partial charge >= 0.3 is 0 Å². The van der Waals surface area contributed by atoms with E-state index in [1.165, 1.54) is 0 Å². The maximum absolute atomic E-state index is 10.6. The molecule has 12 heavy (non-hydrogen) atoms. The number of rotatable bonds is 1. The van der Waals surface area contributed by atoms with Crippen LogP contribution in [0.3, 0.4) is 0 Å². The Morgan fingerprint density at radius 3 is 3.25 bits per heavy atom. The highest BCUT2D eigenvalue weighted by molar-refractivity contribution is 6.11. The van der Waals surface area contributed by atoms with Gasteiger partial charge in [0.2, 0.25) is 0 Å². The smallest absolute Gasteiger partial charge is 0.147 e. The molecule has 0 aromatic rings. The van der Waals surface area contributed by atoms with Gasteiger partial charge in [-0.2, -0.15) is 0 Å². The van der Waals surface area contributed by atoms with Crippen LogP contribution in [0.1, 0.15) is 6.42 Å². The number of aldehydes is 1. The SMILES string of the molecule is [B]C1CNC2NC=C(C=O)C2C1. The first-order valence-corrected chi connectivity index (χ1v) is 4.21. The van der Waals surface area contributed by atoms with Gasteiger partial charge in [0.05, 0.1) is 14.0 Å². The minimum atomic E-state index is 0.175. The summed E-state index contributed by atoms with van der Waals surface area (Å²) in [4.78, 5) is 10.6. The number of fused-ring (bicyclic) bond motifs is 1. The molecule has 62 valence electrons. The average Bonchev–Trinajstić information content (AvgIpc) is 2.46. The maximum Gasteiger partial charge on any atom is 0.147 e. The van der Waals surface area contributed by atoms with E-state index in [2.05, 4.69) is 10.6 Å². The third kappa shape index (κ3) is 1.16. The largest absolute Gasteiger partial charge is 0.375 e. The van der Waals surface area contributed by atoms with Crippen molar-refractivity contribution < 1.29 is 4.79 Å². The lowest BCUT2D eigenvalue weighted by Gasteiger charge is -2.31. The van der Waals surface area contributed by atoms with Gasteiger partial charge in [-0.15, -0.1) is 0 Å². The Hall–Kier alpha value is -0.765. The van der Waals surface area contributed by atoms with E-state index < -0.39 is 0 Å². The molecule has 2 N–H and O–H groups in total. The minimum Gasteiger partial charge on any atom is -0.375 e. The molecule has 2 aliphatic heterocycles. The summed E-state index contributed by atoms with van der Waals surface area (Å²) in [5.41, 5.74) is 0.836. The Kier molecular flexibility index (Phi) is 1.93. The summed E-state index contributed by atoms with van der Waals surface area (Å²) in [6.07, 6.45) is 3.82. The quantitative estimate of drug-likeness (QED) is 0.405. The van der Waals surface area contributed by atoms with Gasteiger partial charge in [0.25, 0.3) is 0 Å². The molecular formula is C8H11BN2O. The lowest BCUT2D eigenvalue weighted by Crippen LogP contribution is -2.48. The molecule has 0 spiro atoms. The molecule has 0 aromatic heterocycles. The van der Waals surface area contributed by atoms with Gasteiger partial charge in [0.1, 0.15) is 6.29 Å². The van der Waals surface area contributed by atoms with Crippen LogP contribution in [0.15, 0.2) is 11.8 Å². The minimum absolute atomic E-state index is 0.175. The summed E-state index contributed by atoms with van der Waals surface area (Å²) in [6, 6.07) is 0. The number of hydrogen-bond donors (Lipinski definition) is 2. The third-order valence-corrected chi connectivity index (χ3v) is 2.55. The molecular weight excluding hydrogens is 151 g/mol. The second-order valence-electron chi connectivity index (χ2n) is 3.42. The van der Waals surface area contributed by atoms with Gasteiger partial charge in [-0.25, -0.2) is 0 Å². The zero-order chi connectivity index (χ0) is 8.55. The van der Waals surface area contributed by atoms with Gasteiger partial charge in [-0.05, 0) is 13.0 Å². The van der Waals surface area contributed by atoms with Gasteiger partial charge in [-0.3, -0.25) is 10.1 Å². The summed E-state index contributed by atoms with van der Waals surface area (Å²) in [7, 11) is 5.77. The van der Waals surface area contributed by atoms with E-state index in [9.17, 15) is 4.79 Å². The zero-order valence-electron chi connectivity index (χ0n) is 6.79. The Morgan fingerprint density at radius 2 is 2.50 bits per heavy atom. The van der Waals surface area contributed by atoms with Crippen LogP contribution in [0, 0.1) is 5.92 Å². The van der Waals surface area contributed by atoms with Gasteiger partial charge in [0.15, 0.2) is 0 Å². The summed E-state index contributed by atoms with van der Waals surface area (Å²) in [6.45, 7) is 0.828. The van der Waals surface area contributed by atoms with E-state index >= 15 is 0 Å². The average molecular weight is 162 g/mol. The van der Waals surface area contributed by atoms with Crippen LogP contribution in [0.4, 0.5) is 0 Å². The molecule has 3 nitrogen and oxygen atoms in total. The summed E-state index contributed by atoms with van der Waals surface area (Å²) < 4.78 is 0. The number of carbonyl (C=O) groups excluding carboxylic acids is 1. The molecule has 2 heterocycles. The third-order valence-electron chi connectivity index (χ3n) is 2.55. The van der Waals surface area contributed by atoms with Gasteiger partial charge in [-0.1, -0.05) is 5.82 Å². The van der Waals surface area contributed by atoms with E-state index in [4.69, 9.17) is 7.85 Å². The fraction of sp³-hybridized carbons (Fsp3) is 0.625. The van der Waals surface area contributed by atoms with Gasteiger partial charge in [0, 0.05) is 17.7 Å². The van der Waals surface area contributed by atoms with Crippen LogP contribution >= 0.6 is 0 Å². The topological polar surface area (TPSA) is 41.1 Å². The van der Waals surface area contributed by atoms with Crippen LogP contribution in [-0.2, 0) is 4.79 Å². The predicted octanol–water partition coefficient (Wildman–Crippen LogP) is -0.435. The summed E-state index contributed by atoms with van der Waals surface area (Å²) >= 11 is 0. The first kappa shape index (κ1) is 7.86. The summed E-state index contributed by atoms with van der Waals surface area (Å²) in [5.74, 6) is 0.445. The zero-order valence-corrected chi connectivity index (χ0v) is 6.79. The second-order valence-corrected chi connectivity index (χ2v) is 3.42. The van der Waals surface area contributed by atoms with E-state index in [1.807, 2.05) is 0 Å². The fourth-order valence-electron chi connectivity index (χ4n) is 1.88. The second kappa shape index (κ2) is 2.94. The van der Waals surface area contributed by atoms with E-state index in [1.54, 1.807) is 6.20 Å². The van der Waals surface area contributed by atoms with Crippen LogP contribution in [0.5, 0.6) is 0 Å². The monoisotopic (exact) mass is 162 g/mol. The van der Waals surface area contributed by atoms with Crippen molar-refractivity contribution in [1.82, 2.24) is 10.6 Å². The van der Waals surface area contributed by atoms with Crippen LogP contribution in [-0.4, -0.2) is 26.8 Å². The van der Waals surface area contributed by atoms with E-state index in [0.29, 0.717) is 0 Å². The van der Waals surface area contributed by atoms with Crippen molar-refractivity contribution in [2.75, 3.05) is 6.54 Å². The van der Waals surface area contributed by atoms with Crippen molar-refractivity contribution in [2.24, 2.45) is 5.92 Å². The van der Waals surface area contributed by atoms with Crippen molar-refractivity contribution in [3.05, 3.63) is 11.8 Å². The number of carbonyl (C=O) groups is 1. The molecule has 0 amide bonds. The normalized spacial score (nSPS) is 39.7. The standard InChI is InChI=1S/C8H11BN2O/c9-6-1-7-5(4-12)2-10-8(7)11-3-6/h2,4,6-8,10-11H,1,3H2. The van der Waals surface area contributed by atoms with Crippen LogP contribution < -0.4 is 10.6 Å². The first-order valence-electron chi connectivity index (χ1n) is 4.21. The van der Waals surface area contributed by atoms with Crippen LogP contribution in [0.25, 0.3) is 0 Å². The molecule has 2 radical (unpaired) electrons. The Labute approximate surface area is 73.0 Å². The van der Waals surface area contributed by atoms with Crippen molar-refractivity contribution in [1.29, 1.82) is 0 Å². The molecule has 4 heteroatoms. The highest BCUT2D eigenvalue weighted by Crippen LogP contribution is 2.29. The number of piperidine rings is 1. The van der Waals surface area contributed by atoms with E-state index in [-0.39, 0.29) is 17.9 Å². The molecule has 0 saturated carbocycles. The lowest BCUT2D eigenvalue weighted by molar-refractivity contribution is -0.105. The van der Waals surface area contributed by atoms with Crippen LogP contribution in [0.2, 0.25) is 5.82 Å². The Morgan fingerprint density at radius 1 is 1.67 bits per heavy atom. The molecule has 3 atom stereocenters. The Bertz CT molecular complexity index is 229. The lowest BCUT2D eigenvalue weighted by atomic mass is 9.75. The molecule has 1 saturated heterocycles. The molecule has 0 aromatic carbocycles. The molecule has 2 rings (SSSR count). The number of hydrogen-bond acceptors (Lipinski definition) is 3. The highest BCUT2D eigenvalue weighted by atomic mass is 16.1. The molecule has 1 fully saturated rings.